The second-order valence-electron chi connectivity index (χ2n) is 5.01. The smallest absolute Gasteiger partial charge is 0.315 e. The lowest BCUT2D eigenvalue weighted by molar-refractivity contribution is 0.240. The summed E-state index contributed by atoms with van der Waals surface area (Å²) in [6.45, 7) is 1.05. The van der Waals surface area contributed by atoms with Gasteiger partial charge >= 0.3 is 6.03 Å². The van der Waals surface area contributed by atoms with Crippen molar-refractivity contribution in [2.24, 2.45) is 0 Å². The van der Waals surface area contributed by atoms with Crippen LogP contribution in [0.2, 0.25) is 5.02 Å². The molecule has 0 spiro atoms. The van der Waals surface area contributed by atoms with Gasteiger partial charge in [0, 0.05) is 18.1 Å². The number of hydrogen-bond donors (Lipinski definition) is 3. The van der Waals surface area contributed by atoms with Crippen LogP contribution in [0.5, 0.6) is 5.75 Å². The van der Waals surface area contributed by atoms with Crippen molar-refractivity contribution in [2.75, 3.05) is 6.54 Å². The number of nitrogens with one attached hydrogen (secondary N) is 2. The fourth-order valence-corrected chi connectivity index (χ4v) is 2.26. The first-order valence-electron chi connectivity index (χ1n) is 7.17. The molecule has 0 heterocycles. The maximum atomic E-state index is 11.7. The Kier molecular flexibility index (Phi) is 6.10. The van der Waals surface area contributed by atoms with Crippen LogP contribution in [0.4, 0.5) is 4.79 Å². The summed E-state index contributed by atoms with van der Waals surface area (Å²) in [7, 11) is 0. The number of urea groups is 1. The zero-order valence-electron chi connectivity index (χ0n) is 12.2. The summed E-state index contributed by atoms with van der Waals surface area (Å²) in [6.07, 6.45) is 1.70. The number of aromatic hydroxyl groups is 1. The van der Waals surface area contributed by atoms with E-state index in [0.29, 0.717) is 18.1 Å². The highest BCUT2D eigenvalue weighted by Crippen LogP contribution is 2.11. The lowest BCUT2D eigenvalue weighted by Crippen LogP contribution is -2.35. The third-order valence-electron chi connectivity index (χ3n) is 3.21. The molecule has 0 bridgehead atoms. The van der Waals surface area contributed by atoms with E-state index in [9.17, 15) is 9.90 Å². The second kappa shape index (κ2) is 8.29. The van der Waals surface area contributed by atoms with E-state index < -0.39 is 0 Å². The van der Waals surface area contributed by atoms with E-state index in [1.54, 1.807) is 18.2 Å². The summed E-state index contributed by atoms with van der Waals surface area (Å²) >= 11 is 5.89. The van der Waals surface area contributed by atoms with Gasteiger partial charge in [-0.3, -0.25) is 0 Å². The molecule has 0 saturated heterocycles. The van der Waals surface area contributed by atoms with Gasteiger partial charge in [0.2, 0.25) is 0 Å². The lowest BCUT2D eigenvalue weighted by Gasteiger charge is -2.08. The van der Waals surface area contributed by atoms with Gasteiger partial charge in [0.15, 0.2) is 0 Å². The van der Waals surface area contributed by atoms with Crippen LogP contribution in [0.3, 0.4) is 0 Å². The number of phenolic OH excluding ortho intramolecular Hbond substituents is 1. The molecule has 0 unspecified atom stereocenters. The third-order valence-corrected chi connectivity index (χ3v) is 3.44. The van der Waals surface area contributed by atoms with Crippen LogP contribution in [0.25, 0.3) is 0 Å². The normalized spacial score (nSPS) is 10.2. The summed E-state index contributed by atoms with van der Waals surface area (Å²) < 4.78 is 0. The molecule has 5 heteroatoms. The number of carbonyl (C=O) groups excluding carboxylic acids is 1. The monoisotopic (exact) mass is 318 g/mol. The minimum atomic E-state index is -0.189. The average Bonchev–Trinajstić information content (AvgIpc) is 2.51. The largest absolute Gasteiger partial charge is 0.508 e. The molecule has 22 heavy (non-hydrogen) atoms. The lowest BCUT2D eigenvalue weighted by atomic mass is 10.1. The van der Waals surface area contributed by atoms with E-state index >= 15 is 0 Å². The molecule has 116 valence electrons. The van der Waals surface area contributed by atoms with Crippen molar-refractivity contribution in [3.05, 3.63) is 64.7 Å². The molecule has 0 atom stereocenters. The predicted molar refractivity (Wildman–Crippen MR) is 88.1 cm³/mol. The van der Waals surface area contributed by atoms with E-state index in [-0.39, 0.29) is 11.8 Å². The molecule has 0 aromatic heterocycles. The van der Waals surface area contributed by atoms with Gasteiger partial charge in [0.1, 0.15) is 5.75 Å². The quantitative estimate of drug-likeness (QED) is 0.714. The Morgan fingerprint density at radius 3 is 2.55 bits per heavy atom. The maximum Gasteiger partial charge on any atom is 0.315 e. The fraction of sp³-hybridized carbons (Fsp3) is 0.235. The van der Waals surface area contributed by atoms with Crippen LogP contribution >= 0.6 is 11.6 Å². The number of benzene rings is 2. The topological polar surface area (TPSA) is 61.4 Å². The fourth-order valence-electron chi connectivity index (χ4n) is 2.05. The number of aryl methyl sites for hydroxylation is 1. The van der Waals surface area contributed by atoms with Crippen molar-refractivity contribution in [1.82, 2.24) is 10.6 Å². The first-order chi connectivity index (χ1) is 10.6. The van der Waals surface area contributed by atoms with Crippen molar-refractivity contribution in [1.29, 1.82) is 0 Å². The molecule has 2 aromatic rings. The molecule has 0 fully saturated rings. The molecule has 0 saturated carbocycles. The van der Waals surface area contributed by atoms with Crippen molar-refractivity contribution >= 4 is 17.6 Å². The van der Waals surface area contributed by atoms with Gasteiger partial charge in [-0.25, -0.2) is 4.79 Å². The van der Waals surface area contributed by atoms with Crippen LogP contribution in [0, 0.1) is 0 Å². The van der Waals surface area contributed by atoms with Gasteiger partial charge in [-0.1, -0.05) is 35.9 Å². The minimum Gasteiger partial charge on any atom is -0.508 e. The van der Waals surface area contributed by atoms with Crippen molar-refractivity contribution in [3.8, 4) is 5.75 Å². The minimum absolute atomic E-state index is 0.189. The average molecular weight is 319 g/mol. The highest BCUT2D eigenvalue weighted by Gasteiger charge is 2.01. The summed E-state index contributed by atoms with van der Waals surface area (Å²) in [5.41, 5.74) is 2.10. The predicted octanol–water partition coefficient (Wildman–Crippen LogP) is 3.48. The zero-order valence-corrected chi connectivity index (χ0v) is 12.9. The second-order valence-corrected chi connectivity index (χ2v) is 5.45. The summed E-state index contributed by atoms with van der Waals surface area (Å²) in [6, 6.07) is 14.3. The molecule has 3 N–H and O–H groups in total. The van der Waals surface area contributed by atoms with Gasteiger partial charge in [-0.15, -0.1) is 0 Å². The van der Waals surface area contributed by atoms with E-state index in [1.807, 2.05) is 30.3 Å². The van der Waals surface area contributed by atoms with Crippen LogP contribution < -0.4 is 10.6 Å². The molecule has 0 aliphatic carbocycles. The van der Waals surface area contributed by atoms with Gasteiger partial charge in [0.25, 0.3) is 0 Å². The van der Waals surface area contributed by atoms with Crippen molar-refractivity contribution < 1.29 is 9.90 Å². The van der Waals surface area contributed by atoms with Gasteiger partial charge < -0.3 is 15.7 Å². The highest BCUT2D eigenvalue weighted by molar-refractivity contribution is 6.30. The Morgan fingerprint density at radius 1 is 1.05 bits per heavy atom. The molecular formula is C17H19ClN2O2. The van der Waals surface area contributed by atoms with Gasteiger partial charge in [-0.05, 0) is 48.2 Å². The molecule has 4 nitrogen and oxygen atoms in total. The molecule has 2 rings (SSSR count). The maximum absolute atomic E-state index is 11.7. The van der Waals surface area contributed by atoms with E-state index in [2.05, 4.69) is 10.6 Å². The van der Waals surface area contributed by atoms with Crippen molar-refractivity contribution in [3.63, 3.8) is 0 Å². The number of amides is 2. The Bertz CT molecular complexity index is 614. The van der Waals surface area contributed by atoms with Crippen LogP contribution in [0.1, 0.15) is 17.5 Å². The SMILES string of the molecule is O=C(NCCCc1ccc(O)cc1)NCc1cccc(Cl)c1. The number of hydrogen-bond acceptors (Lipinski definition) is 2. The summed E-state index contributed by atoms with van der Waals surface area (Å²) in [5.74, 6) is 0.266. The van der Waals surface area contributed by atoms with Crippen LogP contribution in [0.15, 0.2) is 48.5 Å². The van der Waals surface area contributed by atoms with E-state index in [4.69, 9.17) is 11.6 Å². The highest BCUT2D eigenvalue weighted by atomic mass is 35.5. The Morgan fingerprint density at radius 2 is 1.82 bits per heavy atom. The third kappa shape index (κ3) is 5.66. The molecule has 0 radical (unpaired) electrons. The summed E-state index contributed by atoms with van der Waals surface area (Å²) in [5, 5.41) is 15.5. The van der Waals surface area contributed by atoms with Gasteiger partial charge in [0.05, 0.1) is 0 Å². The molecular weight excluding hydrogens is 300 g/mol. The van der Waals surface area contributed by atoms with E-state index in [1.165, 1.54) is 0 Å². The zero-order chi connectivity index (χ0) is 15.8. The molecule has 2 aromatic carbocycles. The first kappa shape index (κ1) is 16.2. The Balaban J connectivity index is 1.62. The molecule has 2 amide bonds. The van der Waals surface area contributed by atoms with Crippen LogP contribution in [-0.2, 0) is 13.0 Å². The first-order valence-corrected chi connectivity index (χ1v) is 7.55. The van der Waals surface area contributed by atoms with E-state index in [0.717, 1.165) is 24.0 Å². The van der Waals surface area contributed by atoms with Gasteiger partial charge in [-0.2, -0.15) is 0 Å². The standard InChI is InChI=1S/C17H19ClN2O2/c18-15-5-1-3-14(11-15)12-20-17(22)19-10-2-4-13-6-8-16(21)9-7-13/h1,3,5-9,11,21H,2,4,10,12H2,(H2,19,20,22). The van der Waals surface area contributed by atoms with Crippen molar-refractivity contribution in [2.45, 2.75) is 19.4 Å². The number of rotatable bonds is 6. The number of carbonyl (C=O) groups is 1. The Labute approximate surface area is 135 Å². The van der Waals surface area contributed by atoms with Crippen LogP contribution in [-0.4, -0.2) is 17.7 Å². The molecule has 0 aliphatic heterocycles. The Hall–Kier alpha value is -2.20. The number of halogens is 1. The number of phenols is 1. The molecule has 0 aliphatic rings. The summed E-state index contributed by atoms with van der Waals surface area (Å²) in [4.78, 5) is 11.7.